The first-order valence-electron chi connectivity index (χ1n) is 14.9. The first-order chi connectivity index (χ1) is 20.0. The van der Waals surface area contributed by atoms with Crippen LogP contribution in [0.1, 0.15) is 70.8 Å². The van der Waals surface area contributed by atoms with Gasteiger partial charge < -0.3 is 30.6 Å². The first kappa shape index (κ1) is 34.1. The van der Waals surface area contributed by atoms with Crippen LogP contribution in [0.2, 0.25) is 0 Å². The van der Waals surface area contributed by atoms with Gasteiger partial charge in [-0.25, -0.2) is 26.8 Å². The standard InChI is InChI=1S/C29H45F2N3O7S/c1-3-5-24(6-4-2)42(37,38)18-26(34-29(36)40-23-9-11-39-12-10-23)28(35)41-27(17-33-22-7-8-22)25(32)15-19-13-20(30)16-21(31)14-19/h13-14,16,22-27,33H,3-12,15,17-18,32H2,1-2H3,(H,34,36)/t25-,26-,27+/m0/s1. The van der Waals surface area contributed by atoms with Crippen LogP contribution in [-0.2, 0) is 35.3 Å². The molecule has 0 bridgehead atoms. The second-order valence-electron chi connectivity index (χ2n) is 11.2. The Bertz CT molecular complexity index is 1100. The van der Waals surface area contributed by atoms with E-state index in [1.54, 1.807) is 0 Å². The van der Waals surface area contributed by atoms with Crippen molar-refractivity contribution < 1.29 is 41.0 Å². The monoisotopic (exact) mass is 617 g/mol. The topological polar surface area (TPSA) is 146 Å². The molecule has 2 fully saturated rings. The van der Waals surface area contributed by atoms with Crippen molar-refractivity contribution in [1.29, 1.82) is 0 Å². The molecule has 4 N–H and O–H groups in total. The van der Waals surface area contributed by atoms with Crippen molar-refractivity contribution >= 4 is 21.9 Å². The Morgan fingerprint density at radius 3 is 2.24 bits per heavy atom. The summed E-state index contributed by atoms with van der Waals surface area (Å²) in [6, 6.07) is 0.878. The Labute approximate surface area is 247 Å². The van der Waals surface area contributed by atoms with E-state index in [9.17, 15) is 26.8 Å². The minimum Gasteiger partial charge on any atom is -0.458 e. The molecule has 0 aromatic heterocycles. The Morgan fingerprint density at radius 2 is 1.67 bits per heavy atom. The minimum atomic E-state index is -3.82. The summed E-state index contributed by atoms with van der Waals surface area (Å²) < 4.78 is 70.9. The van der Waals surface area contributed by atoms with Gasteiger partial charge in [-0.1, -0.05) is 26.7 Å². The fourth-order valence-corrected chi connectivity index (χ4v) is 7.17. The maximum Gasteiger partial charge on any atom is 0.408 e. The number of hydrogen-bond acceptors (Lipinski definition) is 9. The molecule has 10 nitrogen and oxygen atoms in total. The predicted octanol–water partition coefficient (Wildman–Crippen LogP) is 3.16. The Hall–Kier alpha value is -2.35. The van der Waals surface area contributed by atoms with Crippen molar-refractivity contribution in [3.63, 3.8) is 0 Å². The lowest BCUT2D eigenvalue weighted by molar-refractivity contribution is -0.152. The molecular formula is C29H45F2N3O7S. The summed E-state index contributed by atoms with van der Waals surface area (Å²) in [6.45, 7) is 4.77. The molecule has 1 heterocycles. The summed E-state index contributed by atoms with van der Waals surface area (Å²) in [4.78, 5) is 26.3. The Morgan fingerprint density at radius 1 is 1.05 bits per heavy atom. The van der Waals surface area contributed by atoms with Crippen LogP contribution in [0.15, 0.2) is 18.2 Å². The molecule has 0 radical (unpaired) electrons. The first-order valence-corrected chi connectivity index (χ1v) is 16.6. The van der Waals surface area contributed by atoms with Gasteiger partial charge in [-0.3, -0.25) is 0 Å². The molecule has 1 saturated carbocycles. The predicted molar refractivity (Wildman–Crippen MR) is 154 cm³/mol. The lowest BCUT2D eigenvalue weighted by Crippen LogP contribution is -2.53. The van der Waals surface area contributed by atoms with Crippen molar-refractivity contribution in [3.8, 4) is 0 Å². The highest BCUT2D eigenvalue weighted by atomic mass is 32.2. The number of carbonyl (C=O) groups excluding carboxylic acids is 2. The molecule has 2 aliphatic rings. The van der Waals surface area contributed by atoms with E-state index in [0.29, 0.717) is 51.7 Å². The number of halogens is 2. The maximum absolute atomic E-state index is 13.8. The SMILES string of the molecule is CCCC(CCC)S(=O)(=O)C[C@H](NC(=O)OC1CCOCC1)C(=O)O[C@H](CNC1CC1)[C@@H](N)Cc1cc(F)cc(F)c1. The van der Waals surface area contributed by atoms with Crippen LogP contribution in [0.4, 0.5) is 13.6 Å². The van der Waals surface area contributed by atoms with Gasteiger partial charge in [0.2, 0.25) is 0 Å². The molecule has 1 aliphatic heterocycles. The molecule has 1 amide bonds. The number of rotatable bonds is 17. The van der Waals surface area contributed by atoms with Gasteiger partial charge in [-0.2, -0.15) is 0 Å². The zero-order chi connectivity index (χ0) is 30.7. The molecule has 1 saturated heterocycles. The quantitative estimate of drug-likeness (QED) is 0.224. The lowest BCUT2D eigenvalue weighted by Gasteiger charge is -2.28. The summed E-state index contributed by atoms with van der Waals surface area (Å²) in [5.41, 5.74) is 6.66. The zero-order valence-electron chi connectivity index (χ0n) is 24.5. The van der Waals surface area contributed by atoms with E-state index in [1.807, 2.05) is 13.8 Å². The van der Waals surface area contributed by atoms with Crippen molar-refractivity contribution in [3.05, 3.63) is 35.4 Å². The molecular weight excluding hydrogens is 572 g/mol. The van der Waals surface area contributed by atoms with Gasteiger partial charge in [0, 0.05) is 37.5 Å². The largest absolute Gasteiger partial charge is 0.458 e. The van der Waals surface area contributed by atoms with Crippen LogP contribution >= 0.6 is 0 Å². The van der Waals surface area contributed by atoms with Crippen LogP contribution < -0.4 is 16.4 Å². The van der Waals surface area contributed by atoms with Gasteiger partial charge in [-0.05, 0) is 49.8 Å². The van der Waals surface area contributed by atoms with E-state index in [0.717, 1.165) is 31.0 Å². The third-order valence-electron chi connectivity index (χ3n) is 7.47. The average molecular weight is 618 g/mol. The third kappa shape index (κ3) is 11.4. The fourth-order valence-electron chi connectivity index (χ4n) is 5.02. The fraction of sp³-hybridized carbons (Fsp3) is 0.724. The number of nitrogens with one attached hydrogen (secondary N) is 2. The van der Waals surface area contributed by atoms with Crippen molar-refractivity contribution in [1.82, 2.24) is 10.6 Å². The number of nitrogens with two attached hydrogens (primary N) is 1. The van der Waals surface area contributed by atoms with Crippen LogP contribution in [0.3, 0.4) is 0 Å². The molecule has 1 aliphatic carbocycles. The number of sulfone groups is 1. The Kier molecular flexibility index (Phi) is 13.4. The van der Waals surface area contributed by atoms with Gasteiger partial charge >= 0.3 is 12.1 Å². The second kappa shape index (κ2) is 16.5. The highest BCUT2D eigenvalue weighted by molar-refractivity contribution is 7.92. The van der Waals surface area contributed by atoms with E-state index in [1.165, 1.54) is 0 Å². The number of esters is 1. The minimum absolute atomic E-state index is 0.00374. The van der Waals surface area contributed by atoms with Crippen molar-refractivity contribution in [2.75, 3.05) is 25.5 Å². The molecule has 13 heteroatoms. The average Bonchev–Trinajstić information content (AvgIpc) is 3.75. The van der Waals surface area contributed by atoms with E-state index in [-0.39, 0.29) is 24.6 Å². The third-order valence-corrected chi connectivity index (χ3v) is 9.76. The molecule has 3 atom stereocenters. The van der Waals surface area contributed by atoms with Gasteiger partial charge in [0.25, 0.3) is 0 Å². The van der Waals surface area contributed by atoms with Crippen LogP contribution in [0, 0.1) is 11.6 Å². The van der Waals surface area contributed by atoms with E-state index in [2.05, 4.69) is 10.6 Å². The normalized spacial score (nSPS) is 18.3. The second-order valence-corrected chi connectivity index (χ2v) is 13.6. The molecule has 1 aromatic carbocycles. The molecule has 3 rings (SSSR count). The highest BCUT2D eigenvalue weighted by Crippen LogP contribution is 2.21. The van der Waals surface area contributed by atoms with E-state index in [4.69, 9.17) is 19.9 Å². The number of carbonyl (C=O) groups is 2. The van der Waals surface area contributed by atoms with Crippen LogP contribution in [0.25, 0.3) is 0 Å². The zero-order valence-corrected chi connectivity index (χ0v) is 25.3. The van der Waals surface area contributed by atoms with Crippen molar-refractivity contribution in [2.45, 2.75) is 107 Å². The molecule has 0 unspecified atom stereocenters. The summed E-state index contributed by atoms with van der Waals surface area (Å²) in [5.74, 6) is -3.15. The number of hydrogen-bond donors (Lipinski definition) is 3. The summed E-state index contributed by atoms with van der Waals surface area (Å²) in [7, 11) is -3.82. The number of amides is 1. The van der Waals surface area contributed by atoms with Gasteiger partial charge in [-0.15, -0.1) is 0 Å². The number of benzene rings is 1. The molecule has 1 aromatic rings. The van der Waals surface area contributed by atoms with Gasteiger partial charge in [0.05, 0.1) is 24.2 Å². The smallest absolute Gasteiger partial charge is 0.408 e. The number of ether oxygens (including phenoxy) is 3. The summed E-state index contributed by atoms with van der Waals surface area (Å²) >= 11 is 0. The van der Waals surface area contributed by atoms with Crippen LogP contribution in [-0.4, -0.2) is 81.6 Å². The molecule has 42 heavy (non-hydrogen) atoms. The van der Waals surface area contributed by atoms with E-state index >= 15 is 0 Å². The maximum atomic E-state index is 13.8. The number of alkyl carbamates (subject to hydrolysis) is 1. The van der Waals surface area contributed by atoms with E-state index < -0.39 is 68.8 Å². The summed E-state index contributed by atoms with van der Waals surface area (Å²) in [5, 5.41) is 4.99. The van der Waals surface area contributed by atoms with Crippen molar-refractivity contribution in [2.24, 2.45) is 5.73 Å². The van der Waals surface area contributed by atoms with Crippen LogP contribution in [0.5, 0.6) is 0 Å². The van der Waals surface area contributed by atoms with Gasteiger partial charge in [0.1, 0.15) is 29.9 Å². The lowest BCUT2D eigenvalue weighted by atomic mass is 10.0. The van der Waals surface area contributed by atoms with Gasteiger partial charge in [0.15, 0.2) is 9.84 Å². The molecule has 238 valence electrons. The Balaban J connectivity index is 1.78. The molecule has 0 spiro atoms. The summed E-state index contributed by atoms with van der Waals surface area (Å²) in [6.07, 6.45) is 2.68. The highest BCUT2D eigenvalue weighted by Gasteiger charge is 2.36.